The van der Waals surface area contributed by atoms with Crippen molar-refractivity contribution in [1.29, 1.82) is 0 Å². The molecule has 0 fully saturated rings. The van der Waals surface area contributed by atoms with Crippen LogP contribution in [0.2, 0.25) is 0 Å². The second-order valence-corrected chi connectivity index (χ2v) is 4.88. The van der Waals surface area contributed by atoms with Crippen molar-refractivity contribution < 1.29 is 23.7 Å². The van der Waals surface area contributed by atoms with E-state index >= 15 is 0 Å². The van der Waals surface area contributed by atoms with Gasteiger partial charge in [0.1, 0.15) is 0 Å². The summed E-state index contributed by atoms with van der Waals surface area (Å²) < 4.78 is 0. The molecular weight excluding hydrogens is 223 g/mol. The number of hydrogen-bond donors (Lipinski definition) is 1. The average molecular weight is 251 g/mol. The van der Waals surface area contributed by atoms with Gasteiger partial charge in [-0.2, -0.15) is 0 Å². The molecule has 0 saturated carbocycles. The second-order valence-electron chi connectivity index (χ2n) is 4.88. The third-order valence-corrected chi connectivity index (χ3v) is 3.15. The first-order valence-corrected chi connectivity index (χ1v) is 6.29. The minimum absolute atomic E-state index is 0. The summed E-state index contributed by atoms with van der Waals surface area (Å²) in [6.07, 6.45) is 10.1. The van der Waals surface area contributed by atoms with E-state index < -0.39 is 0 Å². The van der Waals surface area contributed by atoms with E-state index in [1.807, 2.05) is 0 Å². The van der Waals surface area contributed by atoms with Crippen LogP contribution in [0, 0.1) is 5.41 Å². The molecule has 0 amide bonds. The molecule has 0 rings (SSSR count). The van der Waals surface area contributed by atoms with Gasteiger partial charge < -0.3 is 5.11 Å². The molecule has 0 spiro atoms. The van der Waals surface area contributed by atoms with Crippen LogP contribution in [-0.2, 0) is 18.6 Å². The number of unbranched alkanes of at least 4 members (excludes halogenated alkanes) is 4. The van der Waals surface area contributed by atoms with Crippen LogP contribution in [0.1, 0.15) is 72.1 Å². The largest absolute Gasteiger partial charge is 0.396 e. The summed E-state index contributed by atoms with van der Waals surface area (Å²) in [5.74, 6) is 0. The summed E-state index contributed by atoms with van der Waals surface area (Å²) in [5, 5.41) is 9.37. The summed E-state index contributed by atoms with van der Waals surface area (Å²) in [6, 6.07) is 0. The Morgan fingerprint density at radius 2 is 1.40 bits per heavy atom. The van der Waals surface area contributed by atoms with E-state index in [-0.39, 0.29) is 24.0 Å². The van der Waals surface area contributed by atoms with Crippen LogP contribution in [0.4, 0.5) is 0 Å². The number of aliphatic hydroxyl groups excluding tert-OH is 1. The minimum Gasteiger partial charge on any atom is -0.396 e. The third kappa shape index (κ3) is 9.47. The molecule has 15 heavy (non-hydrogen) atoms. The predicted molar refractivity (Wildman–Crippen MR) is 63.5 cm³/mol. The quantitative estimate of drug-likeness (QED) is 0.610. The zero-order chi connectivity index (χ0) is 10.9. The number of hydrogen-bond acceptors (Lipinski definition) is 1. The molecule has 2 heteroatoms. The molecule has 0 aliphatic heterocycles. The topological polar surface area (TPSA) is 20.2 Å². The van der Waals surface area contributed by atoms with Gasteiger partial charge in [0.2, 0.25) is 0 Å². The fourth-order valence-electron chi connectivity index (χ4n) is 1.87. The molecule has 0 aromatic rings. The van der Waals surface area contributed by atoms with Crippen molar-refractivity contribution in [2.45, 2.75) is 72.1 Å². The number of aliphatic hydroxyl groups is 1. The standard InChI is InChI=1S/C13H28O.V/c1-4-6-8-9-11-13(3,12-14)10-7-5-2;/h14H,4-12H2,1-3H3;. The Bertz CT molecular complexity index is 128. The summed E-state index contributed by atoms with van der Waals surface area (Å²) in [6.45, 7) is 7.05. The molecule has 0 aliphatic rings. The molecule has 1 unspecified atom stereocenters. The molecule has 0 aromatic carbocycles. The van der Waals surface area contributed by atoms with Gasteiger partial charge in [-0.25, -0.2) is 0 Å². The van der Waals surface area contributed by atoms with Crippen molar-refractivity contribution >= 4 is 0 Å². The second kappa shape index (κ2) is 11.0. The van der Waals surface area contributed by atoms with Gasteiger partial charge in [-0.15, -0.1) is 0 Å². The van der Waals surface area contributed by atoms with Crippen molar-refractivity contribution in [2.75, 3.05) is 6.61 Å². The van der Waals surface area contributed by atoms with Gasteiger partial charge in [0.05, 0.1) is 0 Å². The zero-order valence-corrected chi connectivity index (χ0v) is 12.2. The van der Waals surface area contributed by atoms with E-state index in [2.05, 4.69) is 20.8 Å². The third-order valence-electron chi connectivity index (χ3n) is 3.15. The molecule has 0 aromatic heterocycles. The Balaban J connectivity index is 0. The van der Waals surface area contributed by atoms with Crippen molar-refractivity contribution in [3.05, 3.63) is 0 Å². The van der Waals surface area contributed by atoms with Crippen molar-refractivity contribution in [3.63, 3.8) is 0 Å². The normalized spacial score (nSPS) is 14.4. The molecule has 91 valence electrons. The van der Waals surface area contributed by atoms with Gasteiger partial charge in [0.15, 0.2) is 0 Å². The van der Waals surface area contributed by atoms with Gasteiger partial charge >= 0.3 is 0 Å². The van der Waals surface area contributed by atoms with Crippen LogP contribution >= 0.6 is 0 Å². The van der Waals surface area contributed by atoms with Gasteiger partial charge in [0.25, 0.3) is 0 Å². The maximum Gasteiger partial charge on any atom is 0.0484 e. The fourth-order valence-corrected chi connectivity index (χ4v) is 1.87. The Morgan fingerprint density at radius 3 is 1.87 bits per heavy atom. The molecule has 0 heterocycles. The Hall–Kier alpha value is 0.544. The molecule has 1 atom stereocenters. The Morgan fingerprint density at radius 1 is 0.867 bits per heavy atom. The first-order valence-electron chi connectivity index (χ1n) is 6.29. The van der Waals surface area contributed by atoms with Crippen LogP contribution in [0.3, 0.4) is 0 Å². The van der Waals surface area contributed by atoms with E-state index in [4.69, 9.17) is 0 Å². The maximum atomic E-state index is 9.37. The Kier molecular flexibility index (Phi) is 13.2. The van der Waals surface area contributed by atoms with Gasteiger partial charge in [-0.1, -0.05) is 59.3 Å². The van der Waals surface area contributed by atoms with Gasteiger partial charge in [-0.05, 0) is 18.3 Å². The van der Waals surface area contributed by atoms with Crippen molar-refractivity contribution in [1.82, 2.24) is 0 Å². The fraction of sp³-hybridized carbons (Fsp3) is 1.00. The van der Waals surface area contributed by atoms with Crippen LogP contribution in [0.5, 0.6) is 0 Å². The molecule has 0 saturated heterocycles. The van der Waals surface area contributed by atoms with Gasteiger partial charge in [-0.3, -0.25) is 0 Å². The maximum absolute atomic E-state index is 9.37. The SMILES string of the molecule is CCCCCCC(C)(CO)CCCC.[V]. The van der Waals surface area contributed by atoms with Crippen LogP contribution in [0.15, 0.2) is 0 Å². The smallest absolute Gasteiger partial charge is 0.0484 e. The Labute approximate surface area is 108 Å². The summed E-state index contributed by atoms with van der Waals surface area (Å²) in [7, 11) is 0. The van der Waals surface area contributed by atoms with E-state index in [0.717, 1.165) is 0 Å². The van der Waals surface area contributed by atoms with Crippen LogP contribution in [-0.4, -0.2) is 11.7 Å². The summed E-state index contributed by atoms with van der Waals surface area (Å²) in [4.78, 5) is 0. The van der Waals surface area contributed by atoms with Crippen molar-refractivity contribution in [3.8, 4) is 0 Å². The molecule has 1 N–H and O–H groups in total. The molecular formula is C13H28OV. The molecule has 1 radical (unpaired) electrons. The van der Waals surface area contributed by atoms with E-state index in [0.29, 0.717) is 6.61 Å². The summed E-state index contributed by atoms with van der Waals surface area (Å²) >= 11 is 0. The minimum atomic E-state index is 0. The molecule has 0 bridgehead atoms. The molecule has 0 aliphatic carbocycles. The predicted octanol–water partition coefficient (Wildman–Crippen LogP) is 4.14. The zero-order valence-electron chi connectivity index (χ0n) is 10.8. The first-order chi connectivity index (χ1) is 6.68. The van der Waals surface area contributed by atoms with Crippen LogP contribution < -0.4 is 0 Å². The number of rotatable bonds is 9. The van der Waals surface area contributed by atoms with Gasteiger partial charge in [0, 0.05) is 25.2 Å². The average Bonchev–Trinajstić information content (AvgIpc) is 2.22. The van der Waals surface area contributed by atoms with E-state index in [1.165, 1.54) is 51.4 Å². The summed E-state index contributed by atoms with van der Waals surface area (Å²) in [5.41, 5.74) is 0.198. The molecule has 1 nitrogen and oxygen atoms in total. The van der Waals surface area contributed by atoms with E-state index in [9.17, 15) is 5.11 Å². The first kappa shape index (κ1) is 17.9. The van der Waals surface area contributed by atoms with E-state index in [1.54, 1.807) is 0 Å². The van der Waals surface area contributed by atoms with Crippen molar-refractivity contribution in [2.24, 2.45) is 5.41 Å². The monoisotopic (exact) mass is 251 g/mol. The van der Waals surface area contributed by atoms with Crippen LogP contribution in [0.25, 0.3) is 0 Å².